The third-order valence-electron chi connectivity index (χ3n) is 9.61. The molecule has 7 aromatic carbocycles. The Bertz CT molecular complexity index is 2850. The van der Waals surface area contributed by atoms with E-state index in [1.165, 1.54) is 0 Å². The average Bonchev–Trinajstić information content (AvgIpc) is 3.29. The summed E-state index contributed by atoms with van der Waals surface area (Å²) >= 11 is 0. The smallest absolute Gasteiger partial charge is 0.165 e. The minimum absolute atomic E-state index is 0.449. The molecule has 0 aliphatic carbocycles. The Morgan fingerprint density at radius 1 is 0.286 bits per heavy atom. The van der Waals surface area contributed by atoms with Crippen molar-refractivity contribution in [1.29, 1.82) is 5.26 Å². The Morgan fingerprint density at radius 2 is 0.696 bits per heavy atom. The fraction of sp³-hybridized carbons (Fsp3) is 0. The Balaban J connectivity index is 1.08. The zero-order valence-corrected chi connectivity index (χ0v) is 30.2. The third-order valence-corrected chi connectivity index (χ3v) is 9.61. The first-order valence-electron chi connectivity index (χ1n) is 18.3. The lowest BCUT2D eigenvalue weighted by molar-refractivity contribution is 1.07. The van der Waals surface area contributed by atoms with Crippen molar-refractivity contribution in [2.24, 2.45) is 0 Å². The predicted octanol–water partition coefficient (Wildman–Crippen LogP) is 11.9. The van der Waals surface area contributed by atoms with E-state index < -0.39 is 0 Å². The van der Waals surface area contributed by atoms with E-state index >= 15 is 0 Å². The van der Waals surface area contributed by atoms with E-state index in [4.69, 9.17) is 24.9 Å². The van der Waals surface area contributed by atoms with Gasteiger partial charge in [0.05, 0.1) is 23.0 Å². The molecule has 0 saturated heterocycles. The molecule has 56 heavy (non-hydrogen) atoms. The third kappa shape index (κ3) is 7.08. The minimum atomic E-state index is 0.449. The zero-order valence-electron chi connectivity index (χ0n) is 30.2. The van der Waals surface area contributed by atoms with Gasteiger partial charge >= 0.3 is 0 Å². The normalized spacial score (nSPS) is 10.8. The SMILES string of the molecule is N#Cc1ccccc1-c1nc(-c2ccccc2)nc(-c2cccc(-c3ccc(-c4nc(-c5ccccc5)cc(-c5cccc(-c6ccccc6)c5)n4)cc3)c2)n1. The molecule has 0 amide bonds. The highest BCUT2D eigenvalue weighted by molar-refractivity contribution is 5.78. The van der Waals surface area contributed by atoms with Gasteiger partial charge in [0.25, 0.3) is 0 Å². The summed E-state index contributed by atoms with van der Waals surface area (Å²) in [5.41, 5.74) is 11.9. The summed E-state index contributed by atoms with van der Waals surface area (Å²) in [7, 11) is 0. The van der Waals surface area contributed by atoms with Gasteiger partial charge in [-0.1, -0.05) is 164 Å². The molecule has 0 radical (unpaired) electrons. The van der Waals surface area contributed by atoms with Crippen LogP contribution in [-0.2, 0) is 0 Å². The monoisotopic (exact) mass is 716 g/mol. The van der Waals surface area contributed by atoms with Gasteiger partial charge < -0.3 is 0 Å². The van der Waals surface area contributed by atoms with Crippen LogP contribution in [0, 0.1) is 11.3 Å². The van der Waals surface area contributed by atoms with Gasteiger partial charge in [0.2, 0.25) is 0 Å². The molecule has 0 spiro atoms. The molecule has 0 atom stereocenters. The van der Waals surface area contributed by atoms with E-state index in [1.54, 1.807) is 6.07 Å². The highest BCUT2D eigenvalue weighted by Gasteiger charge is 2.16. The van der Waals surface area contributed by atoms with Crippen molar-refractivity contribution in [1.82, 2.24) is 24.9 Å². The second-order valence-electron chi connectivity index (χ2n) is 13.3. The quantitative estimate of drug-likeness (QED) is 0.156. The molecule has 0 bridgehead atoms. The first-order chi connectivity index (χ1) is 27.7. The maximum Gasteiger partial charge on any atom is 0.165 e. The summed E-state index contributed by atoms with van der Waals surface area (Å²) in [5, 5.41) is 9.86. The molecule has 0 fully saturated rings. The van der Waals surface area contributed by atoms with Gasteiger partial charge in [-0.2, -0.15) is 5.26 Å². The maximum atomic E-state index is 9.86. The van der Waals surface area contributed by atoms with E-state index in [0.29, 0.717) is 34.4 Å². The van der Waals surface area contributed by atoms with Crippen LogP contribution in [0.25, 0.3) is 90.3 Å². The maximum absolute atomic E-state index is 9.86. The fourth-order valence-corrected chi connectivity index (χ4v) is 6.74. The van der Waals surface area contributed by atoms with Crippen molar-refractivity contribution >= 4 is 0 Å². The molecule has 2 heterocycles. The van der Waals surface area contributed by atoms with Gasteiger partial charge in [0, 0.05) is 33.4 Å². The molecule has 262 valence electrons. The molecule has 2 aromatic heterocycles. The van der Waals surface area contributed by atoms with Crippen LogP contribution in [0.5, 0.6) is 0 Å². The average molecular weight is 717 g/mol. The predicted molar refractivity (Wildman–Crippen MR) is 224 cm³/mol. The standard InChI is InChI=1S/C50H32N6/c51-33-43-20-10-11-25-44(43)50-55-48(37-18-8-3-9-19-37)54-49(56-50)42-24-13-22-40(31-42)35-26-28-38(29-27-35)47-52-45(36-16-6-2-7-17-36)32-46(53-47)41-23-12-21-39(30-41)34-14-4-1-5-15-34/h1-32H. The molecule has 0 aliphatic heterocycles. The van der Waals surface area contributed by atoms with Crippen molar-refractivity contribution in [3.63, 3.8) is 0 Å². The molecule has 6 nitrogen and oxygen atoms in total. The van der Waals surface area contributed by atoms with Crippen LogP contribution in [0.3, 0.4) is 0 Å². The summed E-state index contributed by atoms with van der Waals surface area (Å²) in [5.74, 6) is 2.16. The molecule has 0 N–H and O–H groups in total. The lowest BCUT2D eigenvalue weighted by Crippen LogP contribution is -2.01. The van der Waals surface area contributed by atoms with Crippen molar-refractivity contribution in [3.8, 4) is 96.4 Å². The molecule has 0 unspecified atom stereocenters. The van der Waals surface area contributed by atoms with E-state index in [1.807, 2.05) is 84.9 Å². The molecule has 0 saturated carbocycles. The Morgan fingerprint density at radius 3 is 1.36 bits per heavy atom. The lowest BCUT2D eigenvalue weighted by Gasteiger charge is -2.12. The molecule has 9 aromatic rings. The van der Waals surface area contributed by atoms with E-state index in [9.17, 15) is 5.26 Å². The van der Waals surface area contributed by atoms with Gasteiger partial charge in [-0.3, -0.25) is 0 Å². The molecular formula is C50H32N6. The number of aromatic nitrogens is 5. The van der Waals surface area contributed by atoms with Crippen molar-refractivity contribution in [2.45, 2.75) is 0 Å². The number of benzene rings is 7. The first-order valence-corrected chi connectivity index (χ1v) is 18.3. The van der Waals surface area contributed by atoms with Crippen LogP contribution in [-0.4, -0.2) is 24.9 Å². The van der Waals surface area contributed by atoms with Crippen LogP contribution in [0.4, 0.5) is 0 Å². The number of nitriles is 1. The lowest BCUT2D eigenvalue weighted by atomic mass is 10.00. The van der Waals surface area contributed by atoms with Crippen LogP contribution < -0.4 is 0 Å². The summed E-state index contributed by atoms with van der Waals surface area (Å²) in [4.78, 5) is 24.8. The van der Waals surface area contributed by atoms with Gasteiger partial charge in [-0.15, -0.1) is 0 Å². The molecule has 9 rings (SSSR count). The Kier molecular flexibility index (Phi) is 9.23. The number of rotatable bonds is 8. The number of hydrogen-bond acceptors (Lipinski definition) is 6. The summed E-state index contributed by atoms with van der Waals surface area (Å²) in [6.45, 7) is 0. The van der Waals surface area contributed by atoms with Gasteiger partial charge in [-0.05, 0) is 52.6 Å². The summed E-state index contributed by atoms with van der Waals surface area (Å²) < 4.78 is 0. The van der Waals surface area contributed by atoms with Gasteiger partial charge in [0.15, 0.2) is 23.3 Å². The largest absolute Gasteiger partial charge is 0.228 e. The second-order valence-corrected chi connectivity index (χ2v) is 13.3. The van der Waals surface area contributed by atoms with E-state index in [-0.39, 0.29) is 0 Å². The Labute approximate surface area is 325 Å². The second kappa shape index (κ2) is 15.2. The molecular weight excluding hydrogens is 685 g/mol. The van der Waals surface area contributed by atoms with Gasteiger partial charge in [0.1, 0.15) is 0 Å². The number of nitrogens with zero attached hydrogens (tertiary/aromatic N) is 6. The van der Waals surface area contributed by atoms with Crippen LogP contribution in [0.1, 0.15) is 5.56 Å². The summed E-state index contributed by atoms with van der Waals surface area (Å²) in [6, 6.07) is 67.2. The minimum Gasteiger partial charge on any atom is -0.228 e. The fourth-order valence-electron chi connectivity index (χ4n) is 6.74. The van der Waals surface area contributed by atoms with Crippen molar-refractivity contribution in [3.05, 3.63) is 200 Å². The highest BCUT2D eigenvalue weighted by atomic mass is 15.0. The van der Waals surface area contributed by atoms with Crippen molar-refractivity contribution < 1.29 is 0 Å². The van der Waals surface area contributed by atoms with Crippen LogP contribution >= 0.6 is 0 Å². The van der Waals surface area contributed by atoms with E-state index in [2.05, 4.69) is 109 Å². The van der Waals surface area contributed by atoms with Crippen LogP contribution in [0.2, 0.25) is 0 Å². The van der Waals surface area contributed by atoms with E-state index in [0.717, 1.165) is 61.5 Å². The van der Waals surface area contributed by atoms with Gasteiger partial charge in [-0.25, -0.2) is 24.9 Å². The molecule has 0 aliphatic rings. The molecule has 6 heteroatoms. The topological polar surface area (TPSA) is 88.2 Å². The highest BCUT2D eigenvalue weighted by Crippen LogP contribution is 2.33. The van der Waals surface area contributed by atoms with Crippen molar-refractivity contribution in [2.75, 3.05) is 0 Å². The Hall–Kier alpha value is -7.88. The van der Waals surface area contributed by atoms with Crippen LogP contribution in [0.15, 0.2) is 194 Å². The first kappa shape index (κ1) is 33.9. The number of hydrogen-bond donors (Lipinski definition) is 0. The zero-order chi connectivity index (χ0) is 37.7. The summed E-state index contributed by atoms with van der Waals surface area (Å²) in [6.07, 6.45) is 0.